The third kappa shape index (κ3) is 3.85. The highest BCUT2D eigenvalue weighted by molar-refractivity contribution is 7.20. The first-order chi connectivity index (χ1) is 13.8. The number of hydrogen-bond acceptors (Lipinski definition) is 5. The first kappa shape index (κ1) is 19.8. The van der Waals surface area contributed by atoms with Gasteiger partial charge in [-0.2, -0.15) is 5.10 Å². The minimum absolute atomic E-state index is 0.202. The van der Waals surface area contributed by atoms with E-state index in [0.717, 1.165) is 27.0 Å². The van der Waals surface area contributed by atoms with Crippen molar-refractivity contribution in [3.63, 3.8) is 0 Å². The van der Waals surface area contributed by atoms with Gasteiger partial charge in [0.1, 0.15) is 16.5 Å². The van der Waals surface area contributed by atoms with Gasteiger partial charge >= 0.3 is 0 Å². The molecule has 0 saturated carbocycles. The standard InChI is InChI=1S/C20H17Cl2N5OS/c1-10-17-11(2)24-12(3)25-20(17)29-18(10)19(28)26-16-6-7-23-27(16)9-13-4-5-14(21)8-15(13)22/h4-8H,9H2,1-3H3,(H,26,28). The average molecular weight is 446 g/mol. The van der Waals surface area contributed by atoms with Gasteiger partial charge in [0.2, 0.25) is 0 Å². The number of nitrogens with zero attached hydrogens (tertiary/aromatic N) is 4. The molecule has 0 aliphatic rings. The second-order valence-electron chi connectivity index (χ2n) is 6.66. The lowest BCUT2D eigenvalue weighted by Gasteiger charge is -2.10. The number of thiophene rings is 1. The van der Waals surface area contributed by atoms with Gasteiger partial charge in [-0.05, 0) is 44.0 Å². The van der Waals surface area contributed by atoms with Crippen LogP contribution in [0, 0.1) is 20.8 Å². The molecule has 0 atom stereocenters. The zero-order valence-corrected chi connectivity index (χ0v) is 18.3. The van der Waals surface area contributed by atoms with Crippen molar-refractivity contribution in [2.45, 2.75) is 27.3 Å². The molecule has 1 N–H and O–H groups in total. The lowest BCUT2D eigenvalue weighted by Crippen LogP contribution is -2.16. The Balaban J connectivity index is 1.62. The molecule has 1 amide bonds. The molecule has 0 spiro atoms. The van der Waals surface area contributed by atoms with Crippen LogP contribution in [0.15, 0.2) is 30.5 Å². The van der Waals surface area contributed by atoms with Gasteiger partial charge < -0.3 is 5.32 Å². The molecule has 3 heterocycles. The van der Waals surface area contributed by atoms with E-state index < -0.39 is 0 Å². The summed E-state index contributed by atoms with van der Waals surface area (Å²) in [6.45, 7) is 6.11. The number of rotatable bonds is 4. The van der Waals surface area contributed by atoms with Crippen molar-refractivity contribution in [2.24, 2.45) is 0 Å². The molecule has 148 valence electrons. The summed E-state index contributed by atoms with van der Waals surface area (Å²) in [7, 11) is 0. The van der Waals surface area contributed by atoms with Gasteiger partial charge in [-0.1, -0.05) is 29.3 Å². The average Bonchev–Trinajstić information content (AvgIpc) is 3.21. The van der Waals surface area contributed by atoms with E-state index >= 15 is 0 Å². The van der Waals surface area contributed by atoms with Crippen molar-refractivity contribution in [3.8, 4) is 0 Å². The van der Waals surface area contributed by atoms with E-state index in [4.69, 9.17) is 23.2 Å². The third-order valence-corrected chi connectivity index (χ3v) is 6.35. The maximum Gasteiger partial charge on any atom is 0.267 e. The maximum atomic E-state index is 13.0. The molecular weight excluding hydrogens is 429 g/mol. The molecule has 9 heteroatoms. The number of carbonyl (C=O) groups excluding carboxylic acids is 1. The van der Waals surface area contributed by atoms with Crippen LogP contribution in [0.25, 0.3) is 10.2 Å². The van der Waals surface area contributed by atoms with Gasteiger partial charge in [-0.25, -0.2) is 14.6 Å². The van der Waals surface area contributed by atoms with E-state index in [1.54, 1.807) is 29.1 Å². The van der Waals surface area contributed by atoms with Crippen molar-refractivity contribution in [1.29, 1.82) is 0 Å². The summed E-state index contributed by atoms with van der Waals surface area (Å²) >= 11 is 13.6. The second kappa shape index (κ2) is 7.74. The lowest BCUT2D eigenvalue weighted by atomic mass is 10.1. The minimum Gasteiger partial charge on any atom is -0.306 e. The van der Waals surface area contributed by atoms with E-state index in [1.807, 2.05) is 26.8 Å². The Hall–Kier alpha value is -2.48. The zero-order chi connectivity index (χ0) is 20.7. The molecular formula is C20H17Cl2N5OS. The number of nitrogens with one attached hydrogen (secondary N) is 1. The fourth-order valence-electron chi connectivity index (χ4n) is 3.24. The number of fused-ring (bicyclic) bond motifs is 1. The van der Waals surface area contributed by atoms with Crippen LogP contribution in [0.4, 0.5) is 5.82 Å². The molecule has 0 aliphatic heterocycles. The van der Waals surface area contributed by atoms with E-state index in [0.29, 0.717) is 33.1 Å². The summed E-state index contributed by atoms with van der Waals surface area (Å²) in [5.41, 5.74) is 2.62. The first-order valence-electron chi connectivity index (χ1n) is 8.85. The summed E-state index contributed by atoms with van der Waals surface area (Å²) in [5, 5.41) is 9.31. The monoisotopic (exact) mass is 445 g/mol. The summed E-state index contributed by atoms with van der Waals surface area (Å²) in [6.07, 6.45) is 1.64. The normalized spacial score (nSPS) is 11.2. The van der Waals surface area contributed by atoms with Crippen molar-refractivity contribution in [3.05, 3.63) is 68.0 Å². The van der Waals surface area contributed by atoms with Crippen LogP contribution < -0.4 is 5.32 Å². The number of hydrogen-bond donors (Lipinski definition) is 1. The fraction of sp³-hybridized carbons (Fsp3) is 0.200. The molecule has 0 unspecified atom stereocenters. The molecule has 3 aromatic heterocycles. The Morgan fingerprint density at radius 2 is 1.97 bits per heavy atom. The summed E-state index contributed by atoms with van der Waals surface area (Å²) in [4.78, 5) is 23.3. The molecule has 0 radical (unpaired) electrons. The van der Waals surface area contributed by atoms with Gasteiger partial charge in [0.25, 0.3) is 5.91 Å². The maximum absolute atomic E-state index is 13.0. The Morgan fingerprint density at radius 1 is 1.17 bits per heavy atom. The number of benzene rings is 1. The predicted molar refractivity (Wildman–Crippen MR) is 117 cm³/mol. The Bertz CT molecular complexity index is 1250. The molecule has 0 fully saturated rings. The number of halogens is 2. The van der Waals surface area contributed by atoms with Crippen molar-refractivity contribution >= 4 is 56.5 Å². The van der Waals surface area contributed by atoms with Crippen molar-refractivity contribution in [1.82, 2.24) is 19.7 Å². The molecule has 0 aliphatic carbocycles. The van der Waals surface area contributed by atoms with E-state index in [9.17, 15) is 4.79 Å². The van der Waals surface area contributed by atoms with Crippen molar-refractivity contribution < 1.29 is 4.79 Å². The molecule has 4 aromatic rings. The van der Waals surface area contributed by atoms with Crippen LogP contribution in [0.5, 0.6) is 0 Å². The number of anilines is 1. The van der Waals surface area contributed by atoms with E-state index in [1.165, 1.54) is 11.3 Å². The number of amides is 1. The number of aromatic nitrogens is 4. The summed E-state index contributed by atoms with van der Waals surface area (Å²) in [5.74, 6) is 1.07. The highest BCUT2D eigenvalue weighted by Gasteiger charge is 2.20. The van der Waals surface area contributed by atoms with Crippen LogP contribution in [0.2, 0.25) is 10.0 Å². The molecule has 1 aromatic carbocycles. The molecule has 6 nitrogen and oxygen atoms in total. The largest absolute Gasteiger partial charge is 0.306 e. The zero-order valence-electron chi connectivity index (χ0n) is 16.0. The Morgan fingerprint density at radius 3 is 2.72 bits per heavy atom. The van der Waals surface area contributed by atoms with Crippen LogP contribution >= 0.6 is 34.5 Å². The number of carbonyl (C=O) groups is 1. The Labute approximate surface area is 181 Å². The highest BCUT2D eigenvalue weighted by Crippen LogP contribution is 2.32. The fourth-order valence-corrected chi connectivity index (χ4v) is 4.88. The topological polar surface area (TPSA) is 72.7 Å². The quantitative estimate of drug-likeness (QED) is 0.454. The molecule has 4 rings (SSSR count). The van der Waals surface area contributed by atoms with Gasteiger partial charge in [0.05, 0.1) is 17.6 Å². The van der Waals surface area contributed by atoms with Crippen LogP contribution in [-0.4, -0.2) is 25.7 Å². The van der Waals surface area contributed by atoms with Crippen LogP contribution in [0.3, 0.4) is 0 Å². The second-order valence-corrected chi connectivity index (χ2v) is 8.50. The molecule has 0 saturated heterocycles. The minimum atomic E-state index is -0.202. The number of aryl methyl sites for hydroxylation is 3. The highest BCUT2D eigenvalue weighted by atomic mass is 35.5. The molecule has 29 heavy (non-hydrogen) atoms. The van der Waals surface area contributed by atoms with Crippen LogP contribution in [-0.2, 0) is 6.54 Å². The van der Waals surface area contributed by atoms with Crippen LogP contribution in [0.1, 0.15) is 32.3 Å². The lowest BCUT2D eigenvalue weighted by molar-refractivity contribution is 0.102. The Kier molecular flexibility index (Phi) is 5.29. The summed E-state index contributed by atoms with van der Waals surface area (Å²) < 4.78 is 1.69. The van der Waals surface area contributed by atoms with Gasteiger partial charge in [-0.3, -0.25) is 4.79 Å². The van der Waals surface area contributed by atoms with Gasteiger partial charge in [0, 0.05) is 27.2 Å². The van der Waals surface area contributed by atoms with E-state index in [-0.39, 0.29) is 5.91 Å². The predicted octanol–water partition coefficient (Wildman–Crippen LogP) is 5.42. The van der Waals surface area contributed by atoms with Crippen molar-refractivity contribution in [2.75, 3.05) is 5.32 Å². The summed E-state index contributed by atoms with van der Waals surface area (Å²) in [6, 6.07) is 7.06. The first-order valence-corrected chi connectivity index (χ1v) is 10.4. The van der Waals surface area contributed by atoms with Gasteiger partial charge in [0.15, 0.2) is 0 Å². The SMILES string of the molecule is Cc1nc(C)c2c(C)c(C(=O)Nc3ccnn3Cc3ccc(Cl)cc3Cl)sc2n1. The third-order valence-electron chi connectivity index (χ3n) is 4.58. The smallest absolute Gasteiger partial charge is 0.267 e. The molecule has 0 bridgehead atoms. The van der Waals surface area contributed by atoms with E-state index in [2.05, 4.69) is 20.4 Å². The van der Waals surface area contributed by atoms with Gasteiger partial charge in [-0.15, -0.1) is 11.3 Å².